The Morgan fingerprint density at radius 2 is 2.21 bits per heavy atom. The summed E-state index contributed by atoms with van der Waals surface area (Å²) in [5.41, 5.74) is 0.434. The molecule has 1 unspecified atom stereocenters. The van der Waals surface area contributed by atoms with Crippen molar-refractivity contribution in [1.82, 2.24) is 5.32 Å². The third-order valence-electron chi connectivity index (χ3n) is 2.99. The molecule has 7 heteroatoms. The van der Waals surface area contributed by atoms with E-state index in [1.165, 1.54) is 7.11 Å². The zero-order chi connectivity index (χ0) is 14.0. The molecule has 104 valence electrons. The number of hydrogen-bond acceptors (Lipinski definition) is 4. The van der Waals surface area contributed by atoms with Gasteiger partial charge in [0.1, 0.15) is 5.75 Å². The van der Waals surface area contributed by atoms with E-state index in [2.05, 4.69) is 21.2 Å². The van der Waals surface area contributed by atoms with Crippen LogP contribution in [0, 0.1) is 0 Å². The van der Waals surface area contributed by atoms with Gasteiger partial charge in [-0.15, -0.1) is 0 Å². The Morgan fingerprint density at radius 3 is 2.79 bits per heavy atom. The number of rotatable bonds is 3. The van der Waals surface area contributed by atoms with Gasteiger partial charge in [-0.25, -0.2) is 8.42 Å². The van der Waals surface area contributed by atoms with Crippen LogP contribution in [0.2, 0.25) is 0 Å². The molecule has 0 aliphatic carbocycles. The van der Waals surface area contributed by atoms with Crippen molar-refractivity contribution in [3.05, 3.63) is 28.2 Å². The molecule has 1 saturated heterocycles. The molecule has 0 bridgehead atoms. The van der Waals surface area contributed by atoms with Crippen molar-refractivity contribution < 1.29 is 17.9 Å². The van der Waals surface area contributed by atoms with E-state index in [1.807, 2.05) is 0 Å². The fraction of sp³-hybridized carbons (Fsp3) is 0.417. The van der Waals surface area contributed by atoms with Crippen molar-refractivity contribution >= 4 is 31.7 Å². The molecule has 1 N–H and O–H groups in total. The maximum Gasteiger partial charge on any atom is 0.252 e. The molecule has 2 rings (SSSR count). The first-order valence-electron chi connectivity index (χ1n) is 5.76. The van der Waals surface area contributed by atoms with E-state index in [-0.39, 0.29) is 23.5 Å². The largest absolute Gasteiger partial charge is 0.497 e. The monoisotopic (exact) mass is 347 g/mol. The van der Waals surface area contributed by atoms with Crippen LogP contribution in [0.1, 0.15) is 16.8 Å². The van der Waals surface area contributed by atoms with Crippen molar-refractivity contribution in [1.29, 1.82) is 0 Å². The number of carbonyl (C=O) groups excluding carboxylic acids is 1. The molecular formula is C12H14BrNO4S. The molecule has 0 radical (unpaired) electrons. The average molecular weight is 348 g/mol. The molecule has 1 aliphatic heterocycles. The molecular weight excluding hydrogens is 334 g/mol. The number of nitrogens with one attached hydrogen (secondary N) is 1. The fourth-order valence-electron chi connectivity index (χ4n) is 1.98. The highest BCUT2D eigenvalue weighted by Crippen LogP contribution is 2.23. The van der Waals surface area contributed by atoms with Crippen LogP contribution in [-0.4, -0.2) is 39.0 Å². The van der Waals surface area contributed by atoms with Crippen LogP contribution in [0.15, 0.2) is 22.7 Å². The molecule has 1 aliphatic rings. The number of carbonyl (C=O) groups is 1. The van der Waals surface area contributed by atoms with E-state index in [0.29, 0.717) is 22.2 Å². The van der Waals surface area contributed by atoms with Crippen LogP contribution in [0.4, 0.5) is 0 Å². The van der Waals surface area contributed by atoms with Crippen molar-refractivity contribution in [3.8, 4) is 5.75 Å². The Kier molecular flexibility index (Phi) is 4.15. The fourth-order valence-corrected chi connectivity index (χ4v) is 4.08. The summed E-state index contributed by atoms with van der Waals surface area (Å²) >= 11 is 3.30. The van der Waals surface area contributed by atoms with Gasteiger partial charge in [0.15, 0.2) is 9.84 Å². The van der Waals surface area contributed by atoms with Gasteiger partial charge in [-0.3, -0.25) is 4.79 Å². The number of benzene rings is 1. The van der Waals surface area contributed by atoms with E-state index in [0.717, 1.165) is 0 Å². The molecule has 1 fully saturated rings. The first-order valence-corrected chi connectivity index (χ1v) is 8.37. The van der Waals surface area contributed by atoms with E-state index in [4.69, 9.17) is 4.74 Å². The molecule has 1 atom stereocenters. The van der Waals surface area contributed by atoms with Crippen LogP contribution in [0.25, 0.3) is 0 Å². The molecule has 1 amide bonds. The standard InChI is InChI=1S/C12H14BrNO4S/c1-18-9-2-3-11(13)10(6-9)12(15)14-8-4-5-19(16,17)7-8/h2-3,6,8H,4-5,7H2,1H3,(H,14,15). The van der Waals surface area contributed by atoms with Crippen LogP contribution < -0.4 is 10.1 Å². The number of sulfone groups is 1. The molecule has 1 aromatic rings. The van der Waals surface area contributed by atoms with Gasteiger partial charge in [-0.2, -0.15) is 0 Å². The summed E-state index contributed by atoms with van der Waals surface area (Å²) in [5, 5.41) is 2.74. The first-order chi connectivity index (χ1) is 8.91. The lowest BCUT2D eigenvalue weighted by atomic mass is 10.1. The van der Waals surface area contributed by atoms with E-state index in [1.54, 1.807) is 18.2 Å². The zero-order valence-electron chi connectivity index (χ0n) is 10.3. The van der Waals surface area contributed by atoms with Crippen LogP contribution in [-0.2, 0) is 9.84 Å². The number of halogens is 1. The Balaban J connectivity index is 2.12. The average Bonchev–Trinajstić information content (AvgIpc) is 2.69. The number of amides is 1. The van der Waals surface area contributed by atoms with Crippen LogP contribution in [0.5, 0.6) is 5.75 Å². The molecule has 1 heterocycles. The minimum Gasteiger partial charge on any atom is -0.497 e. The normalized spacial score (nSPS) is 21.1. The number of ether oxygens (including phenoxy) is 1. The summed E-state index contributed by atoms with van der Waals surface area (Å²) < 4.78 is 28.4. The molecule has 5 nitrogen and oxygen atoms in total. The van der Waals surface area contributed by atoms with Crippen LogP contribution in [0.3, 0.4) is 0 Å². The predicted octanol–water partition coefficient (Wildman–Crippen LogP) is 1.37. The highest BCUT2D eigenvalue weighted by Gasteiger charge is 2.29. The lowest BCUT2D eigenvalue weighted by molar-refractivity contribution is 0.0940. The zero-order valence-corrected chi connectivity index (χ0v) is 12.8. The van der Waals surface area contributed by atoms with Crippen molar-refractivity contribution in [3.63, 3.8) is 0 Å². The van der Waals surface area contributed by atoms with Gasteiger partial charge in [0, 0.05) is 10.5 Å². The van der Waals surface area contributed by atoms with E-state index in [9.17, 15) is 13.2 Å². The summed E-state index contributed by atoms with van der Waals surface area (Å²) in [7, 11) is -1.48. The van der Waals surface area contributed by atoms with E-state index >= 15 is 0 Å². The second kappa shape index (κ2) is 5.50. The van der Waals surface area contributed by atoms with Gasteiger partial charge >= 0.3 is 0 Å². The first kappa shape index (κ1) is 14.3. The van der Waals surface area contributed by atoms with Crippen LogP contribution >= 0.6 is 15.9 Å². The Bertz CT molecular complexity index is 600. The minimum absolute atomic E-state index is 0.0142. The summed E-state index contributed by atoms with van der Waals surface area (Å²) in [5.74, 6) is 0.428. The van der Waals surface area contributed by atoms with Gasteiger partial charge in [0.2, 0.25) is 0 Å². The van der Waals surface area contributed by atoms with Gasteiger partial charge in [-0.05, 0) is 40.5 Å². The van der Waals surface area contributed by atoms with Crippen molar-refractivity contribution in [2.24, 2.45) is 0 Å². The Morgan fingerprint density at radius 1 is 1.47 bits per heavy atom. The highest BCUT2D eigenvalue weighted by atomic mass is 79.9. The van der Waals surface area contributed by atoms with Gasteiger partial charge in [0.05, 0.1) is 24.2 Å². The summed E-state index contributed by atoms with van der Waals surface area (Å²) in [6.45, 7) is 0. The highest BCUT2D eigenvalue weighted by molar-refractivity contribution is 9.10. The van der Waals surface area contributed by atoms with E-state index < -0.39 is 9.84 Å². The van der Waals surface area contributed by atoms with Crippen molar-refractivity contribution in [2.45, 2.75) is 12.5 Å². The quantitative estimate of drug-likeness (QED) is 0.896. The molecule has 0 spiro atoms. The number of hydrogen-bond donors (Lipinski definition) is 1. The Labute approximate surface area is 120 Å². The predicted molar refractivity (Wildman–Crippen MR) is 75.2 cm³/mol. The van der Waals surface area contributed by atoms with Gasteiger partial charge < -0.3 is 10.1 Å². The second-order valence-corrected chi connectivity index (χ2v) is 7.50. The molecule has 0 saturated carbocycles. The summed E-state index contributed by atoms with van der Waals surface area (Å²) in [6, 6.07) is 4.76. The number of methoxy groups -OCH3 is 1. The summed E-state index contributed by atoms with van der Waals surface area (Å²) in [4.78, 5) is 12.1. The lowest BCUT2D eigenvalue weighted by Gasteiger charge is -2.12. The second-order valence-electron chi connectivity index (χ2n) is 4.42. The molecule has 19 heavy (non-hydrogen) atoms. The Hall–Kier alpha value is -1.08. The smallest absolute Gasteiger partial charge is 0.252 e. The lowest BCUT2D eigenvalue weighted by Crippen LogP contribution is -2.35. The topological polar surface area (TPSA) is 72.5 Å². The molecule has 1 aromatic carbocycles. The third-order valence-corrected chi connectivity index (χ3v) is 5.45. The minimum atomic E-state index is -3.00. The molecule has 0 aromatic heterocycles. The van der Waals surface area contributed by atoms with Gasteiger partial charge in [-0.1, -0.05) is 0 Å². The van der Waals surface area contributed by atoms with Gasteiger partial charge in [0.25, 0.3) is 5.91 Å². The van der Waals surface area contributed by atoms with Crippen molar-refractivity contribution in [2.75, 3.05) is 18.6 Å². The maximum atomic E-state index is 12.1. The maximum absolute atomic E-state index is 12.1. The third kappa shape index (κ3) is 3.48. The summed E-state index contributed by atoms with van der Waals surface area (Å²) in [6.07, 6.45) is 0.468. The SMILES string of the molecule is COc1ccc(Br)c(C(=O)NC2CCS(=O)(=O)C2)c1.